The molecule has 0 radical (unpaired) electrons. The maximum Gasteiger partial charge on any atom is 0.253 e. The fourth-order valence-corrected chi connectivity index (χ4v) is 4.09. The van der Waals surface area contributed by atoms with Gasteiger partial charge in [0.25, 0.3) is 5.91 Å². The van der Waals surface area contributed by atoms with Gasteiger partial charge in [-0.05, 0) is 41.8 Å². The summed E-state index contributed by atoms with van der Waals surface area (Å²) in [5.74, 6) is 0.186. The molecule has 0 bridgehead atoms. The molecule has 2 saturated heterocycles. The Morgan fingerprint density at radius 2 is 1.80 bits per heavy atom. The number of benzene rings is 2. The van der Waals surface area contributed by atoms with Gasteiger partial charge in [-0.15, -0.1) is 0 Å². The van der Waals surface area contributed by atoms with Gasteiger partial charge in [-0.2, -0.15) is 0 Å². The number of likely N-dealkylation sites (tertiary alicyclic amines) is 1. The molecule has 2 aliphatic heterocycles. The van der Waals surface area contributed by atoms with Gasteiger partial charge in [0.05, 0.1) is 13.2 Å². The molecule has 2 aromatic rings. The number of carbonyl (C=O) groups is 2. The molecule has 30 heavy (non-hydrogen) atoms. The van der Waals surface area contributed by atoms with Crippen molar-refractivity contribution < 1.29 is 14.3 Å². The van der Waals surface area contributed by atoms with Gasteiger partial charge in [-0.3, -0.25) is 9.59 Å². The maximum atomic E-state index is 12.9. The van der Waals surface area contributed by atoms with Crippen molar-refractivity contribution in [2.45, 2.75) is 25.9 Å². The zero-order chi connectivity index (χ0) is 20.9. The van der Waals surface area contributed by atoms with E-state index in [2.05, 4.69) is 29.2 Å². The van der Waals surface area contributed by atoms with E-state index in [-0.39, 0.29) is 11.8 Å². The standard InChI is InChI=1S/C24H29N3O3/c1-25(17-19-7-9-22(10-8-19)26-12-14-30-15-13-26)24(29)21-5-2-4-20(16-21)18-27-11-3-6-23(27)28/h2,4-5,7-10,16H,3,6,11-15,17-18H2,1H3. The van der Waals surface area contributed by atoms with Crippen LogP contribution in [0.2, 0.25) is 0 Å². The third kappa shape index (κ3) is 4.82. The van der Waals surface area contributed by atoms with Crippen molar-refractivity contribution in [1.82, 2.24) is 9.80 Å². The van der Waals surface area contributed by atoms with Crippen LogP contribution in [0.4, 0.5) is 5.69 Å². The van der Waals surface area contributed by atoms with Crippen LogP contribution in [0.1, 0.15) is 34.3 Å². The lowest BCUT2D eigenvalue weighted by molar-refractivity contribution is -0.128. The molecule has 2 amide bonds. The molecule has 0 aromatic heterocycles. The number of rotatable bonds is 6. The highest BCUT2D eigenvalue weighted by molar-refractivity contribution is 5.94. The van der Waals surface area contributed by atoms with Gasteiger partial charge in [0.2, 0.25) is 5.91 Å². The number of hydrogen-bond acceptors (Lipinski definition) is 4. The van der Waals surface area contributed by atoms with Crippen molar-refractivity contribution in [1.29, 1.82) is 0 Å². The van der Waals surface area contributed by atoms with E-state index in [9.17, 15) is 9.59 Å². The van der Waals surface area contributed by atoms with E-state index in [4.69, 9.17) is 4.74 Å². The third-order valence-corrected chi connectivity index (χ3v) is 5.80. The van der Waals surface area contributed by atoms with Crippen LogP contribution >= 0.6 is 0 Å². The molecule has 2 fully saturated rings. The molecule has 6 heteroatoms. The monoisotopic (exact) mass is 407 g/mol. The summed E-state index contributed by atoms with van der Waals surface area (Å²) in [5.41, 5.74) is 3.95. The summed E-state index contributed by atoms with van der Waals surface area (Å²) in [6, 6.07) is 16.0. The Kier molecular flexibility index (Phi) is 6.33. The Bertz CT molecular complexity index is 891. The fourth-order valence-electron chi connectivity index (χ4n) is 4.09. The number of nitrogens with zero attached hydrogens (tertiary/aromatic N) is 3. The molecular formula is C24H29N3O3. The van der Waals surface area contributed by atoms with Gasteiger partial charge in [-0.1, -0.05) is 24.3 Å². The van der Waals surface area contributed by atoms with E-state index >= 15 is 0 Å². The first-order valence-corrected chi connectivity index (χ1v) is 10.6. The second kappa shape index (κ2) is 9.30. The van der Waals surface area contributed by atoms with Crippen LogP contribution in [0.15, 0.2) is 48.5 Å². The Balaban J connectivity index is 1.37. The van der Waals surface area contributed by atoms with Crippen molar-refractivity contribution in [3.05, 3.63) is 65.2 Å². The molecule has 0 spiro atoms. The molecule has 0 N–H and O–H groups in total. The lowest BCUT2D eigenvalue weighted by Gasteiger charge is -2.29. The normalized spacial score (nSPS) is 16.8. The number of anilines is 1. The molecule has 0 aliphatic carbocycles. The second-order valence-electron chi connectivity index (χ2n) is 8.05. The molecule has 0 saturated carbocycles. The summed E-state index contributed by atoms with van der Waals surface area (Å²) >= 11 is 0. The molecule has 2 aromatic carbocycles. The summed E-state index contributed by atoms with van der Waals surface area (Å²) in [5, 5.41) is 0. The van der Waals surface area contributed by atoms with E-state index in [1.807, 2.05) is 36.2 Å². The Labute approximate surface area is 178 Å². The lowest BCUT2D eigenvalue weighted by atomic mass is 10.1. The van der Waals surface area contributed by atoms with Crippen LogP contribution in [0.25, 0.3) is 0 Å². The summed E-state index contributed by atoms with van der Waals surface area (Å²) < 4.78 is 5.41. The number of amides is 2. The van der Waals surface area contributed by atoms with Gasteiger partial charge in [0.1, 0.15) is 0 Å². The van der Waals surface area contributed by atoms with E-state index < -0.39 is 0 Å². The quantitative estimate of drug-likeness (QED) is 0.739. The maximum absolute atomic E-state index is 12.9. The molecule has 6 nitrogen and oxygen atoms in total. The second-order valence-corrected chi connectivity index (χ2v) is 8.05. The highest BCUT2D eigenvalue weighted by Crippen LogP contribution is 2.19. The largest absolute Gasteiger partial charge is 0.378 e. The summed E-state index contributed by atoms with van der Waals surface area (Å²) in [7, 11) is 1.83. The van der Waals surface area contributed by atoms with Gasteiger partial charge in [0, 0.05) is 57.4 Å². The smallest absolute Gasteiger partial charge is 0.253 e. The summed E-state index contributed by atoms with van der Waals surface area (Å²) in [4.78, 5) is 30.7. The number of ether oxygens (including phenoxy) is 1. The topological polar surface area (TPSA) is 53.1 Å². The summed E-state index contributed by atoms with van der Waals surface area (Å²) in [6.45, 7) is 5.29. The molecule has 4 rings (SSSR count). The molecule has 0 atom stereocenters. The SMILES string of the molecule is CN(Cc1ccc(N2CCOCC2)cc1)C(=O)c1cccc(CN2CCCC2=O)c1. The van der Waals surface area contributed by atoms with Crippen LogP contribution in [0.5, 0.6) is 0 Å². The Hall–Kier alpha value is -2.86. The average Bonchev–Trinajstić information content (AvgIpc) is 3.19. The number of morpholine rings is 1. The molecule has 2 aliphatic rings. The van der Waals surface area contributed by atoms with E-state index in [0.29, 0.717) is 25.1 Å². The van der Waals surface area contributed by atoms with Crippen molar-refractivity contribution in [3.63, 3.8) is 0 Å². The predicted molar refractivity (Wildman–Crippen MR) is 116 cm³/mol. The number of carbonyl (C=O) groups excluding carboxylic acids is 2. The van der Waals surface area contributed by atoms with Crippen LogP contribution in [0.3, 0.4) is 0 Å². The zero-order valence-corrected chi connectivity index (χ0v) is 17.5. The van der Waals surface area contributed by atoms with Crippen molar-refractivity contribution in [2.75, 3.05) is 44.8 Å². The third-order valence-electron chi connectivity index (χ3n) is 5.80. The van der Waals surface area contributed by atoms with Crippen LogP contribution < -0.4 is 4.90 Å². The van der Waals surface area contributed by atoms with Crippen LogP contribution in [-0.4, -0.2) is 61.5 Å². The van der Waals surface area contributed by atoms with Crippen molar-refractivity contribution in [2.24, 2.45) is 0 Å². The van der Waals surface area contributed by atoms with Gasteiger partial charge < -0.3 is 19.4 Å². The zero-order valence-electron chi connectivity index (χ0n) is 17.5. The van der Waals surface area contributed by atoms with E-state index in [1.54, 1.807) is 4.90 Å². The molecule has 158 valence electrons. The summed E-state index contributed by atoms with van der Waals surface area (Å²) in [6.07, 6.45) is 1.55. The van der Waals surface area contributed by atoms with E-state index in [0.717, 1.165) is 50.4 Å². The minimum absolute atomic E-state index is 0.0122. The first-order valence-electron chi connectivity index (χ1n) is 10.6. The van der Waals surface area contributed by atoms with Gasteiger partial charge in [0.15, 0.2) is 0 Å². The van der Waals surface area contributed by atoms with Crippen LogP contribution in [0, 0.1) is 0 Å². The molecule has 2 heterocycles. The Morgan fingerprint density at radius 3 is 2.50 bits per heavy atom. The first-order chi connectivity index (χ1) is 14.6. The van der Waals surface area contributed by atoms with Crippen molar-refractivity contribution >= 4 is 17.5 Å². The highest BCUT2D eigenvalue weighted by Gasteiger charge is 2.21. The van der Waals surface area contributed by atoms with E-state index in [1.165, 1.54) is 5.69 Å². The average molecular weight is 408 g/mol. The first kappa shape index (κ1) is 20.4. The predicted octanol–water partition coefficient (Wildman–Crippen LogP) is 2.92. The fraction of sp³-hybridized carbons (Fsp3) is 0.417. The van der Waals surface area contributed by atoms with Crippen molar-refractivity contribution in [3.8, 4) is 0 Å². The van der Waals surface area contributed by atoms with Gasteiger partial charge >= 0.3 is 0 Å². The lowest BCUT2D eigenvalue weighted by Crippen LogP contribution is -2.36. The minimum atomic E-state index is -0.0122. The number of hydrogen-bond donors (Lipinski definition) is 0. The minimum Gasteiger partial charge on any atom is -0.378 e. The van der Waals surface area contributed by atoms with Crippen LogP contribution in [-0.2, 0) is 22.6 Å². The Morgan fingerprint density at radius 1 is 1.03 bits per heavy atom. The molecule has 0 unspecified atom stereocenters. The highest BCUT2D eigenvalue weighted by atomic mass is 16.5. The molecular weight excluding hydrogens is 378 g/mol. The van der Waals surface area contributed by atoms with Gasteiger partial charge in [-0.25, -0.2) is 0 Å².